The largest absolute Gasteiger partial charge is 0.413 e. The van der Waals surface area contributed by atoms with Crippen molar-refractivity contribution in [1.82, 2.24) is 41.0 Å². The normalized spacial score (nSPS) is 11.0. The van der Waals surface area contributed by atoms with E-state index >= 15 is 0 Å². The number of hydrogen-bond donors (Lipinski definition) is 0. The fourth-order valence-electron chi connectivity index (χ4n) is 1.43. The van der Waals surface area contributed by atoms with Crippen LogP contribution in [0.2, 0.25) is 0 Å². The monoisotopic (exact) mass is 274 g/mol. The van der Waals surface area contributed by atoms with Gasteiger partial charge in [0.25, 0.3) is 11.8 Å². The molecule has 4 heterocycles. The highest BCUT2D eigenvalue weighted by atomic mass is 16.6. The zero-order valence-electron chi connectivity index (χ0n) is 9.37. The number of rotatable bonds is 3. The average molecular weight is 274 g/mol. The van der Waals surface area contributed by atoms with E-state index in [-0.39, 0.29) is 29.1 Å². The summed E-state index contributed by atoms with van der Waals surface area (Å²) < 4.78 is 19.4. The Bertz CT molecular complexity index is 817. The van der Waals surface area contributed by atoms with Gasteiger partial charge in [-0.2, -0.15) is 4.98 Å². The third kappa shape index (κ3) is 1.55. The first-order chi connectivity index (χ1) is 9.92. The second-order valence-electron chi connectivity index (χ2n) is 3.41. The van der Waals surface area contributed by atoms with Crippen LogP contribution in [0.25, 0.3) is 34.8 Å². The number of aromatic nitrogens is 8. The highest BCUT2D eigenvalue weighted by molar-refractivity contribution is 5.66. The van der Waals surface area contributed by atoms with Crippen LogP contribution in [0.4, 0.5) is 0 Å². The van der Waals surface area contributed by atoms with Crippen LogP contribution in [-0.2, 0) is 0 Å². The topological polar surface area (TPSA) is 156 Å². The number of nitrogens with zero attached hydrogens (tertiary/aromatic N) is 8. The predicted octanol–water partition coefficient (Wildman–Crippen LogP) is 0.220. The van der Waals surface area contributed by atoms with Crippen molar-refractivity contribution < 1.29 is 18.1 Å². The van der Waals surface area contributed by atoms with Gasteiger partial charge in [-0.25, -0.2) is 4.63 Å². The Kier molecular flexibility index (Phi) is 2.12. The lowest BCUT2D eigenvalue weighted by Gasteiger charge is -1.87. The molecule has 12 heteroatoms. The summed E-state index contributed by atoms with van der Waals surface area (Å²) in [6.07, 6.45) is 2.47. The Morgan fingerprint density at radius 1 is 1.00 bits per heavy atom. The molecule has 0 amide bonds. The van der Waals surface area contributed by atoms with Crippen LogP contribution in [0, 0.1) is 0 Å². The molecule has 4 rings (SSSR count). The first-order valence-corrected chi connectivity index (χ1v) is 5.13. The fourth-order valence-corrected chi connectivity index (χ4v) is 1.43. The molecule has 0 aliphatic carbocycles. The van der Waals surface area contributed by atoms with Gasteiger partial charge < -0.3 is 13.5 Å². The first kappa shape index (κ1) is 10.5. The molecule has 0 aliphatic heterocycles. The SMILES string of the molecule is c1nc(-c2onnc2-c2nnc(-c3cnon3)o2)no1. The van der Waals surface area contributed by atoms with E-state index < -0.39 is 0 Å². The third-order valence-electron chi connectivity index (χ3n) is 2.26. The Balaban J connectivity index is 1.78. The summed E-state index contributed by atoms with van der Waals surface area (Å²) in [5.74, 6) is 0.479. The third-order valence-corrected chi connectivity index (χ3v) is 2.26. The summed E-state index contributed by atoms with van der Waals surface area (Å²) >= 11 is 0. The van der Waals surface area contributed by atoms with Gasteiger partial charge in [-0.3, -0.25) is 0 Å². The van der Waals surface area contributed by atoms with E-state index in [0.717, 1.165) is 6.39 Å². The zero-order valence-corrected chi connectivity index (χ0v) is 9.37. The van der Waals surface area contributed by atoms with Crippen LogP contribution in [0.3, 0.4) is 0 Å². The van der Waals surface area contributed by atoms with E-state index in [1.807, 2.05) is 0 Å². The maximum atomic E-state index is 5.38. The molecule has 0 bridgehead atoms. The minimum atomic E-state index is 0.0593. The molecule has 0 aliphatic rings. The lowest BCUT2D eigenvalue weighted by atomic mass is 10.3. The van der Waals surface area contributed by atoms with Crippen LogP contribution in [0.5, 0.6) is 0 Å². The van der Waals surface area contributed by atoms with E-state index in [0.29, 0.717) is 5.69 Å². The summed E-state index contributed by atoms with van der Waals surface area (Å²) in [5.41, 5.74) is 0.475. The van der Waals surface area contributed by atoms with Gasteiger partial charge in [0.05, 0.1) is 0 Å². The quantitative estimate of drug-likeness (QED) is 0.501. The molecule has 4 aromatic heterocycles. The van der Waals surface area contributed by atoms with Crippen molar-refractivity contribution in [2.75, 3.05) is 0 Å². The molecule has 0 aromatic carbocycles. The molecule has 0 spiro atoms. The standard InChI is InChI=1S/C8H2N8O4/c1-3(14-20-10-1)7-12-13-8(18-7)4-5(19-16-11-4)6-9-2-17-15-6/h1-2H. The summed E-state index contributed by atoms with van der Waals surface area (Å²) in [4.78, 5) is 3.82. The van der Waals surface area contributed by atoms with Crippen molar-refractivity contribution in [2.45, 2.75) is 0 Å². The van der Waals surface area contributed by atoms with Gasteiger partial charge in [0, 0.05) is 5.27 Å². The Labute approximate surface area is 107 Å². The Morgan fingerprint density at radius 3 is 2.75 bits per heavy atom. The molecule has 0 saturated heterocycles. The summed E-state index contributed by atoms with van der Waals surface area (Å²) in [6, 6.07) is 0. The van der Waals surface area contributed by atoms with Crippen molar-refractivity contribution in [3.63, 3.8) is 0 Å². The second-order valence-corrected chi connectivity index (χ2v) is 3.41. The molecule has 0 saturated carbocycles. The first-order valence-electron chi connectivity index (χ1n) is 5.13. The predicted molar refractivity (Wildman–Crippen MR) is 54.2 cm³/mol. The van der Waals surface area contributed by atoms with Gasteiger partial charge >= 0.3 is 0 Å². The van der Waals surface area contributed by atoms with E-state index in [1.54, 1.807) is 0 Å². The molecule has 0 N–H and O–H groups in total. The molecular formula is C8H2N8O4. The summed E-state index contributed by atoms with van der Waals surface area (Å²) in [6.45, 7) is 0. The highest BCUT2D eigenvalue weighted by Crippen LogP contribution is 2.28. The maximum Gasteiger partial charge on any atom is 0.272 e. The lowest BCUT2D eigenvalue weighted by molar-refractivity contribution is 0.307. The summed E-state index contributed by atoms with van der Waals surface area (Å²) in [5, 5.41) is 25.4. The van der Waals surface area contributed by atoms with Gasteiger partial charge in [0.15, 0.2) is 5.69 Å². The van der Waals surface area contributed by atoms with Crippen LogP contribution in [-0.4, -0.2) is 41.0 Å². The van der Waals surface area contributed by atoms with Crippen LogP contribution in [0.1, 0.15) is 0 Å². The lowest BCUT2D eigenvalue weighted by Crippen LogP contribution is -1.84. The van der Waals surface area contributed by atoms with Gasteiger partial charge in [0.2, 0.25) is 23.7 Å². The van der Waals surface area contributed by atoms with Gasteiger partial charge in [0.1, 0.15) is 6.20 Å². The minimum Gasteiger partial charge on any atom is -0.413 e. The Morgan fingerprint density at radius 2 is 1.95 bits per heavy atom. The smallest absolute Gasteiger partial charge is 0.272 e. The molecule has 98 valence electrons. The van der Waals surface area contributed by atoms with Crippen LogP contribution < -0.4 is 0 Å². The molecule has 0 unspecified atom stereocenters. The van der Waals surface area contributed by atoms with Crippen molar-refractivity contribution in [3.8, 4) is 34.8 Å². The van der Waals surface area contributed by atoms with Gasteiger partial charge in [-0.05, 0) is 5.16 Å². The average Bonchev–Trinajstić information content (AvgIpc) is 3.23. The van der Waals surface area contributed by atoms with Crippen LogP contribution >= 0.6 is 0 Å². The molecule has 0 atom stereocenters. The van der Waals surface area contributed by atoms with E-state index in [1.165, 1.54) is 6.20 Å². The second kappa shape index (κ2) is 4.04. The zero-order chi connectivity index (χ0) is 13.4. The maximum absolute atomic E-state index is 5.38. The molecule has 4 aromatic rings. The van der Waals surface area contributed by atoms with Crippen molar-refractivity contribution in [1.29, 1.82) is 0 Å². The van der Waals surface area contributed by atoms with E-state index in [9.17, 15) is 0 Å². The van der Waals surface area contributed by atoms with Crippen molar-refractivity contribution in [3.05, 3.63) is 12.6 Å². The van der Waals surface area contributed by atoms with E-state index in [2.05, 4.69) is 50.2 Å². The molecule has 0 fully saturated rings. The Hall–Kier alpha value is -3.44. The minimum absolute atomic E-state index is 0.0593. The fraction of sp³-hybridized carbons (Fsp3) is 0. The van der Waals surface area contributed by atoms with Gasteiger partial charge in [-0.1, -0.05) is 10.3 Å². The molecular weight excluding hydrogens is 272 g/mol. The van der Waals surface area contributed by atoms with E-state index in [4.69, 9.17) is 8.94 Å². The van der Waals surface area contributed by atoms with Crippen molar-refractivity contribution >= 4 is 0 Å². The summed E-state index contributed by atoms with van der Waals surface area (Å²) in [7, 11) is 0. The number of hydrogen-bond acceptors (Lipinski definition) is 12. The molecule has 0 radical (unpaired) electrons. The molecule has 20 heavy (non-hydrogen) atoms. The van der Waals surface area contributed by atoms with Gasteiger partial charge in [-0.15, -0.1) is 15.3 Å². The molecule has 12 nitrogen and oxygen atoms in total. The van der Waals surface area contributed by atoms with Crippen molar-refractivity contribution in [2.24, 2.45) is 0 Å². The van der Waals surface area contributed by atoms with Crippen LogP contribution in [0.15, 0.2) is 30.7 Å². The highest BCUT2D eigenvalue weighted by Gasteiger charge is 2.24.